The second-order valence-electron chi connectivity index (χ2n) is 5.28. The van der Waals surface area contributed by atoms with Crippen molar-refractivity contribution in [1.29, 1.82) is 0 Å². The Morgan fingerprint density at radius 3 is 2.62 bits per heavy atom. The number of cyclic esters (lactones) is 1. The number of nitrogens with zero attached hydrogens (tertiary/aromatic N) is 2. The minimum atomic E-state index is -0.485. The molecular formula is C16H14ClN3O4. The third kappa shape index (κ3) is 3.57. The zero-order valence-corrected chi connectivity index (χ0v) is 13.3. The SMILES string of the molecule is O=C1OCCN1Cc1ccc(Nc2ccc(Cl)cc2[N+](=O)[O-])cc1. The number of nitrogens with one attached hydrogen (secondary N) is 1. The maximum absolute atomic E-state index is 11.4. The van der Waals surface area contributed by atoms with Gasteiger partial charge >= 0.3 is 6.09 Å². The molecule has 0 radical (unpaired) electrons. The number of ether oxygens (including phenoxy) is 1. The van der Waals surface area contributed by atoms with E-state index in [1.165, 1.54) is 6.07 Å². The Labute approximate surface area is 142 Å². The van der Waals surface area contributed by atoms with E-state index < -0.39 is 4.92 Å². The van der Waals surface area contributed by atoms with E-state index in [2.05, 4.69) is 5.32 Å². The van der Waals surface area contributed by atoms with Crippen LogP contribution in [0, 0.1) is 10.1 Å². The van der Waals surface area contributed by atoms with Crippen LogP contribution in [-0.2, 0) is 11.3 Å². The van der Waals surface area contributed by atoms with Crippen LogP contribution in [0.2, 0.25) is 5.02 Å². The minimum Gasteiger partial charge on any atom is -0.448 e. The highest BCUT2D eigenvalue weighted by Gasteiger charge is 2.21. The van der Waals surface area contributed by atoms with Gasteiger partial charge < -0.3 is 15.0 Å². The van der Waals surface area contributed by atoms with E-state index in [-0.39, 0.29) is 11.8 Å². The molecule has 8 heteroatoms. The van der Waals surface area contributed by atoms with E-state index >= 15 is 0 Å². The molecule has 3 rings (SSSR count). The molecule has 1 heterocycles. The first-order valence-corrected chi connectivity index (χ1v) is 7.62. The minimum absolute atomic E-state index is 0.0913. The van der Waals surface area contributed by atoms with Crippen LogP contribution in [0.5, 0.6) is 0 Å². The molecule has 0 spiro atoms. The van der Waals surface area contributed by atoms with E-state index in [4.69, 9.17) is 16.3 Å². The summed E-state index contributed by atoms with van der Waals surface area (Å²) in [7, 11) is 0. The van der Waals surface area contributed by atoms with Crippen molar-refractivity contribution in [3.05, 3.63) is 63.2 Å². The number of hydrogen-bond acceptors (Lipinski definition) is 5. The summed E-state index contributed by atoms with van der Waals surface area (Å²) < 4.78 is 4.89. The lowest BCUT2D eigenvalue weighted by atomic mass is 10.2. The number of benzene rings is 2. The molecule has 0 unspecified atom stereocenters. The van der Waals surface area contributed by atoms with Crippen molar-refractivity contribution in [1.82, 2.24) is 4.90 Å². The number of hydrogen-bond donors (Lipinski definition) is 1. The predicted molar refractivity (Wildman–Crippen MR) is 89.6 cm³/mol. The summed E-state index contributed by atoms with van der Waals surface area (Å²) in [6, 6.07) is 11.8. The summed E-state index contributed by atoms with van der Waals surface area (Å²) in [5, 5.41) is 14.4. The summed E-state index contributed by atoms with van der Waals surface area (Å²) in [5.41, 5.74) is 1.92. The van der Waals surface area contributed by atoms with Crippen molar-refractivity contribution >= 4 is 34.8 Å². The van der Waals surface area contributed by atoms with E-state index in [9.17, 15) is 14.9 Å². The summed E-state index contributed by atoms with van der Waals surface area (Å²) in [6.45, 7) is 1.47. The summed E-state index contributed by atoms with van der Waals surface area (Å²) in [5.74, 6) is 0. The molecule has 1 aliphatic heterocycles. The fraction of sp³-hybridized carbons (Fsp3) is 0.188. The molecule has 0 bridgehead atoms. The highest BCUT2D eigenvalue weighted by Crippen LogP contribution is 2.30. The van der Waals surface area contributed by atoms with E-state index in [1.807, 2.05) is 12.1 Å². The number of carbonyl (C=O) groups excluding carboxylic acids is 1. The number of nitro benzene ring substituents is 1. The Morgan fingerprint density at radius 1 is 1.25 bits per heavy atom. The summed E-state index contributed by atoms with van der Waals surface area (Å²) >= 11 is 5.80. The third-order valence-electron chi connectivity index (χ3n) is 3.61. The molecule has 1 amide bonds. The molecule has 124 valence electrons. The van der Waals surface area contributed by atoms with Crippen molar-refractivity contribution in [2.75, 3.05) is 18.5 Å². The smallest absolute Gasteiger partial charge is 0.410 e. The molecule has 0 aromatic heterocycles. The van der Waals surface area contributed by atoms with Gasteiger partial charge in [0, 0.05) is 23.3 Å². The molecule has 7 nitrogen and oxygen atoms in total. The van der Waals surface area contributed by atoms with Gasteiger partial charge in [0.15, 0.2) is 0 Å². The highest BCUT2D eigenvalue weighted by atomic mass is 35.5. The summed E-state index contributed by atoms with van der Waals surface area (Å²) in [6.07, 6.45) is -0.311. The molecule has 2 aromatic carbocycles. The standard InChI is InChI=1S/C16H14ClN3O4/c17-12-3-6-14(15(9-12)20(22)23)18-13-4-1-11(2-5-13)10-19-7-8-24-16(19)21/h1-6,9,18H,7-8,10H2. The monoisotopic (exact) mass is 347 g/mol. The number of halogens is 1. The van der Waals surface area contributed by atoms with Gasteiger partial charge in [0.1, 0.15) is 12.3 Å². The normalized spacial score (nSPS) is 13.7. The van der Waals surface area contributed by atoms with E-state index in [1.54, 1.807) is 29.2 Å². The molecule has 24 heavy (non-hydrogen) atoms. The first-order chi connectivity index (χ1) is 11.5. The number of carbonyl (C=O) groups is 1. The molecule has 0 saturated carbocycles. The van der Waals surface area contributed by atoms with Crippen molar-refractivity contribution in [3.8, 4) is 0 Å². The lowest BCUT2D eigenvalue weighted by Gasteiger charge is -2.13. The first kappa shape index (κ1) is 16.1. The Hall–Kier alpha value is -2.80. The van der Waals surface area contributed by atoms with Crippen LogP contribution >= 0.6 is 11.6 Å². The molecule has 0 atom stereocenters. The predicted octanol–water partition coefficient (Wildman–Crippen LogP) is 3.94. The maximum atomic E-state index is 11.4. The fourth-order valence-corrected chi connectivity index (χ4v) is 2.57. The molecule has 1 fully saturated rings. The average Bonchev–Trinajstić information content (AvgIpc) is 2.96. The van der Waals surface area contributed by atoms with E-state index in [0.29, 0.717) is 36.1 Å². The van der Waals surface area contributed by atoms with Gasteiger partial charge in [-0.2, -0.15) is 0 Å². The Kier molecular flexibility index (Phi) is 4.52. The Balaban J connectivity index is 1.72. The van der Waals surface area contributed by atoms with Crippen molar-refractivity contribution in [3.63, 3.8) is 0 Å². The number of amides is 1. The van der Waals surface area contributed by atoms with Gasteiger partial charge in [0.25, 0.3) is 5.69 Å². The van der Waals surface area contributed by atoms with Crippen LogP contribution in [0.15, 0.2) is 42.5 Å². The largest absolute Gasteiger partial charge is 0.448 e. The zero-order chi connectivity index (χ0) is 17.1. The number of rotatable bonds is 5. The van der Waals surface area contributed by atoms with Gasteiger partial charge in [-0.3, -0.25) is 10.1 Å². The van der Waals surface area contributed by atoms with E-state index in [0.717, 1.165) is 5.56 Å². The molecule has 1 aliphatic rings. The lowest BCUT2D eigenvalue weighted by Crippen LogP contribution is -2.23. The third-order valence-corrected chi connectivity index (χ3v) is 3.84. The fourth-order valence-electron chi connectivity index (χ4n) is 2.40. The molecule has 2 aromatic rings. The Bertz CT molecular complexity index is 779. The van der Waals surface area contributed by atoms with Gasteiger partial charge in [-0.1, -0.05) is 23.7 Å². The molecule has 1 saturated heterocycles. The number of anilines is 2. The van der Waals surface area contributed by atoms with Crippen LogP contribution in [-0.4, -0.2) is 29.1 Å². The number of nitro groups is 1. The van der Waals surface area contributed by atoms with Crippen LogP contribution in [0.1, 0.15) is 5.56 Å². The van der Waals surface area contributed by atoms with Crippen LogP contribution in [0.3, 0.4) is 0 Å². The second-order valence-corrected chi connectivity index (χ2v) is 5.71. The lowest BCUT2D eigenvalue weighted by molar-refractivity contribution is -0.383. The van der Waals surface area contributed by atoms with Crippen LogP contribution < -0.4 is 5.32 Å². The first-order valence-electron chi connectivity index (χ1n) is 7.24. The average molecular weight is 348 g/mol. The van der Waals surface area contributed by atoms with Gasteiger partial charge in [-0.15, -0.1) is 0 Å². The molecule has 1 N–H and O–H groups in total. The quantitative estimate of drug-likeness (QED) is 0.654. The topological polar surface area (TPSA) is 84.7 Å². The Morgan fingerprint density at radius 2 is 2.00 bits per heavy atom. The molecule has 0 aliphatic carbocycles. The van der Waals surface area contributed by atoms with Crippen LogP contribution in [0.25, 0.3) is 0 Å². The van der Waals surface area contributed by atoms with Crippen molar-refractivity contribution in [2.45, 2.75) is 6.54 Å². The van der Waals surface area contributed by atoms with Crippen LogP contribution in [0.4, 0.5) is 21.9 Å². The van der Waals surface area contributed by atoms with Crippen molar-refractivity contribution < 1.29 is 14.5 Å². The van der Waals surface area contributed by atoms with Gasteiger partial charge in [0.05, 0.1) is 11.5 Å². The van der Waals surface area contributed by atoms with Gasteiger partial charge in [-0.05, 0) is 29.8 Å². The molecular weight excluding hydrogens is 334 g/mol. The second kappa shape index (κ2) is 6.76. The maximum Gasteiger partial charge on any atom is 0.410 e. The zero-order valence-electron chi connectivity index (χ0n) is 12.6. The van der Waals surface area contributed by atoms with Crippen molar-refractivity contribution in [2.24, 2.45) is 0 Å². The van der Waals surface area contributed by atoms with Gasteiger partial charge in [-0.25, -0.2) is 4.79 Å². The highest BCUT2D eigenvalue weighted by molar-refractivity contribution is 6.30. The van der Waals surface area contributed by atoms with Gasteiger partial charge in [0.2, 0.25) is 0 Å². The summed E-state index contributed by atoms with van der Waals surface area (Å²) in [4.78, 5) is 23.7.